The van der Waals surface area contributed by atoms with Crippen LogP contribution < -0.4 is 0 Å². The first-order chi connectivity index (χ1) is 13.1. The number of rotatable bonds is 8. The molecular formula is C10H6F18O2Sn. The summed E-state index contributed by atoms with van der Waals surface area (Å²) in [6, 6.07) is 0. The van der Waals surface area contributed by atoms with Crippen LogP contribution in [0, 0.1) is 0 Å². The second kappa shape index (κ2) is 7.76. The van der Waals surface area contributed by atoms with Gasteiger partial charge in [-0.15, -0.1) is 0 Å². The first-order valence-electron chi connectivity index (χ1n) is 6.63. The van der Waals surface area contributed by atoms with Gasteiger partial charge in [-0.2, -0.15) is 0 Å². The first-order valence-corrected chi connectivity index (χ1v) is 11.8. The molecule has 21 heteroatoms. The molecule has 0 heterocycles. The van der Waals surface area contributed by atoms with E-state index in [4.69, 9.17) is 0 Å². The third kappa shape index (κ3) is 3.70. The molecule has 0 aromatic rings. The molecule has 0 aromatic heterocycles. The van der Waals surface area contributed by atoms with Crippen LogP contribution in [0.25, 0.3) is 0 Å². The fraction of sp³-hybridized carbons (Fsp3) is 1.00. The zero-order valence-electron chi connectivity index (χ0n) is 14.1. The Morgan fingerprint density at radius 1 is 0.387 bits per heavy atom. The molecule has 2 nitrogen and oxygen atoms in total. The molecule has 0 saturated carbocycles. The van der Waals surface area contributed by atoms with E-state index in [9.17, 15) is 79.0 Å². The van der Waals surface area contributed by atoms with E-state index in [1.54, 1.807) is 0 Å². The molecule has 188 valence electrons. The van der Waals surface area contributed by atoms with Gasteiger partial charge in [0.15, 0.2) is 0 Å². The van der Waals surface area contributed by atoms with Crippen LogP contribution in [0.2, 0.25) is 0 Å². The molecule has 0 fully saturated rings. The van der Waals surface area contributed by atoms with Crippen molar-refractivity contribution < 1.29 is 85.2 Å². The van der Waals surface area contributed by atoms with Crippen molar-refractivity contribution in [2.45, 2.75) is 43.9 Å². The summed E-state index contributed by atoms with van der Waals surface area (Å²) < 4.78 is 225. The maximum absolute atomic E-state index is 14.0. The molecular weight excluding hydrogens is 613 g/mol. The molecule has 0 rings (SSSR count). The SMILES string of the molecule is C[O][Sn]([O]C)([C](F)(F)C(F)(F)C(F)(F)C(F)(F)F)[C](F)(F)C(F)(F)C(F)(F)C(F)(F)F. The number of hydrogen-bond donors (Lipinski definition) is 0. The molecule has 0 N–H and O–H groups in total. The zero-order chi connectivity index (χ0) is 25.9. The third-order valence-electron chi connectivity index (χ3n) is 3.69. The fourth-order valence-corrected chi connectivity index (χ4v) is 9.74. The molecule has 0 atom stereocenters. The Bertz CT molecular complexity index is 593. The van der Waals surface area contributed by atoms with Crippen LogP contribution in [0.3, 0.4) is 0 Å². The van der Waals surface area contributed by atoms with Crippen molar-refractivity contribution in [2.24, 2.45) is 0 Å². The number of alkyl halides is 18. The Kier molecular flexibility index (Phi) is 7.62. The van der Waals surface area contributed by atoms with E-state index in [-0.39, 0.29) is 0 Å². The summed E-state index contributed by atoms with van der Waals surface area (Å²) >= 11 is -10.0. The summed E-state index contributed by atoms with van der Waals surface area (Å²) in [6.45, 7) is 0. The van der Waals surface area contributed by atoms with Gasteiger partial charge in [-0.05, 0) is 0 Å². The molecule has 0 aromatic carbocycles. The quantitative estimate of drug-likeness (QED) is 0.255. The zero-order valence-corrected chi connectivity index (χ0v) is 17.0. The van der Waals surface area contributed by atoms with Crippen LogP contribution in [0.4, 0.5) is 79.0 Å². The van der Waals surface area contributed by atoms with Gasteiger partial charge < -0.3 is 0 Å². The molecule has 0 aliphatic heterocycles. The third-order valence-corrected chi connectivity index (χ3v) is 13.5. The van der Waals surface area contributed by atoms with Crippen molar-refractivity contribution in [3.05, 3.63) is 0 Å². The second-order valence-corrected chi connectivity index (χ2v) is 14.9. The minimum atomic E-state index is -10.0. The molecule has 0 spiro atoms. The molecule has 0 aliphatic rings. The Morgan fingerprint density at radius 3 is 0.710 bits per heavy atom. The van der Waals surface area contributed by atoms with Crippen LogP contribution in [0.5, 0.6) is 0 Å². The second-order valence-electron chi connectivity index (χ2n) is 5.47. The average molecular weight is 619 g/mol. The van der Waals surface area contributed by atoms with Crippen molar-refractivity contribution in [2.75, 3.05) is 14.2 Å². The summed E-state index contributed by atoms with van der Waals surface area (Å²) in [7, 11) is -1.49. The van der Waals surface area contributed by atoms with E-state index in [0.717, 1.165) is 0 Å². The monoisotopic (exact) mass is 620 g/mol. The van der Waals surface area contributed by atoms with Gasteiger partial charge in [-0.1, -0.05) is 0 Å². The topological polar surface area (TPSA) is 18.5 Å². The van der Waals surface area contributed by atoms with Gasteiger partial charge in [0.2, 0.25) is 0 Å². The van der Waals surface area contributed by atoms with Crippen molar-refractivity contribution >= 4 is 19.2 Å². The van der Waals surface area contributed by atoms with Gasteiger partial charge in [0.25, 0.3) is 0 Å². The van der Waals surface area contributed by atoms with Crippen molar-refractivity contribution in [3.63, 3.8) is 0 Å². The van der Waals surface area contributed by atoms with Gasteiger partial charge in [0.1, 0.15) is 0 Å². The fourth-order valence-electron chi connectivity index (χ4n) is 1.96. The van der Waals surface area contributed by atoms with E-state index in [2.05, 4.69) is 6.15 Å². The van der Waals surface area contributed by atoms with E-state index in [1.165, 1.54) is 0 Å². The molecule has 0 saturated heterocycles. The molecule has 0 aliphatic carbocycles. The minimum absolute atomic E-state index is 0.745. The molecule has 0 bridgehead atoms. The predicted octanol–water partition coefficient (Wildman–Crippen LogP) is 5.74. The Hall–Kier alpha value is -0.541. The van der Waals surface area contributed by atoms with Crippen LogP contribution in [-0.4, -0.2) is 77.3 Å². The van der Waals surface area contributed by atoms with E-state index >= 15 is 0 Å². The van der Waals surface area contributed by atoms with E-state index in [1.807, 2.05) is 0 Å². The normalized spacial score (nSPS) is 16.6. The van der Waals surface area contributed by atoms with Crippen LogP contribution >= 0.6 is 0 Å². The summed E-state index contributed by atoms with van der Waals surface area (Å²) in [5.74, 6) is -32.3. The van der Waals surface area contributed by atoms with Gasteiger partial charge in [0, 0.05) is 0 Å². The molecule has 31 heavy (non-hydrogen) atoms. The van der Waals surface area contributed by atoms with E-state index < -0.39 is 77.3 Å². The average Bonchev–Trinajstić information content (AvgIpc) is 2.53. The van der Waals surface area contributed by atoms with E-state index in [0.29, 0.717) is 0 Å². The van der Waals surface area contributed by atoms with Gasteiger partial charge in [0.05, 0.1) is 0 Å². The Morgan fingerprint density at radius 2 is 0.581 bits per heavy atom. The first kappa shape index (κ1) is 30.5. The predicted molar refractivity (Wildman–Crippen MR) is 61.6 cm³/mol. The van der Waals surface area contributed by atoms with Crippen LogP contribution in [0.15, 0.2) is 0 Å². The van der Waals surface area contributed by atoms with Gasteiger partial charge in [-0.3, -0.25) is 0 Å². The Labute approximate surface area is 163 Å². The summed E-state index contributed by atoms with van der Waals surface area (Å²) in [4.78, 5) is 0. The number of halogens is 18. The van der Waals surface area contributed by atoms with Crippen LogP contribution in [0.1, 0.15) is 0 Å². The standard InChI is InChI=1S/2C4F9.2CH3O.Sn/c2*5-1(6)2(7,8)3(9,10)4(11,12)13;2*1-2;/h;;2*1H3;/q;;2*-1;+2. The van der Waals surface area contributed by atoms with Crippen molar-refractivity contribution in [1.29, 1.82) is 0 Å². The van der Waals surface area contributed by atoms with Gasteiger partial charge >= 0.3 is 163 Å². The van der Waals surface area contributed by atoms with Gasteiger partial charge in [-0.25, -0.2) is 0 Å². The molecule has 0 amide bonds. The number of hydrogen-bond acceptors (Lipinski definition) is 2. The Balaban J connectivity index is 7.25. The summed E-state index contributed by atoms with van der Waals surface area (Å²) in [5, 5.41) is 0. The van der Waals surface area contributed by atoms with Crippen molar-refractivity contribution in [3.8, 4) is 0 Å². The summed E-state index contributed by atoms with van der Waals surface area (Å²) in [6.07, 6.45) is -15.3. The van der Waals surface area contributed by atoms with Crippen LogP contribution in [-0.2, 0) is 6.15 Å². The molecule has 0 radical (unpaired) electrons. The van der Waals surface area contributed by atoms with Crippen molar-refractivity contribution in [1.82, 2.24) is 0 Å². The maximum atomic E-state index is 14.0. The molecule has 0 unspecified atom stereocenters. The summed E-state index contributed by atoms with van der Waals surface area (Å²) in [5.41, 5.74) is 0.